The second-order valence-electron chi connectivity index (χ2n) is 5.26. The lowest BCUT2D eigenvalue weighted by atomic mass is 9.91. The van der Waals surface area contributed by atoms with E-state index in [1.807, 2.05) is 11.9 Å². The molecule has 0 spiro atoms. The Balaban J connectivity index is 2.25. The lowest BCUT2D eigenvalue weighted by Crippen LogP contribution is -2.43. The van der Waals surface area contributed by atoms with Gasteiger partial charge in [0.05, 0.1) is 29.2 Å². The third kappa shape index (κ3) is 2.91. The first-order valence-electron chi connectivity index (χ1n) is 6.83. The molecule has 0 bridgehead atoms. The number of nitro groups is 1. The Morgan fingerprint density at radius 1 is 1.40 bits per heavy atom. The van der Waals surface area contributed by atoms with E-state index >= 15 is 0 Å². The van der Waals surface area contributed by atoms with E-state index in [2.05, 4.69) is 0 Å². The molecule has 0 aliphatic heterocycles. The van der Waals surface area contributed by atoms with Crippen molar-refractivity contribution in [1.29, 1.82) is 0 Å². The van der Waals surface area contributed by atoms with Gasteiger partial charge in [0.2, 0.25) is 0 Å². The largest absolute Gasteiger partial charge is 0.391 e. The Bertz CT molecular complexity index is 492. The number of hydrogen-bond acceptors (Lipinski definition) is 5. The molecule has 6 heteroatoms. The molecule has 6 nitrogen and oxygen atoms in total. The average Bonchev–Trinajstić information content (AvgIpc) is 2.46. The maximum absolute atomic E-state index is 10.9. The van der Waals surface area contributed by atoms with Crippen molar-refractivity contribution in [2.45, 2.75) is 44.4 Å². The van der Waals surface area contributed by atoms with Gasteiger partial charge in [-0.25, -0.2) is 0 Å². The Hall–Kier alpha value is -1.66. The van der Waals surface area contributed by atoms with Crippen LogP contribution in [0.3, 0.4) is 0 Å². The SMILES string of the molecule is CN(c1ccc([N+](=O)[O-])c(CO)c1)C1CCCCC1O. The van der Waals surface area contributed by atoms with E-state index in [-0.39, 0.29) is 24.4 Å². The number of rotatable bonds is 4. The Morgan fingerprint density at radius 2 is 2.10 bits per heavy atom. The Labute approximate surface area is 117 Å². The first kappa shape index (κ1) is 14.7. The highest BCUT2D eigenvalue weighted by Gasteiger charge is 2.27. The quantitative estimate of drug-likeness (QED) is 0.649. The zero-order chi connectivity index (χ0) is 14.7. The number of hydrogen-bond donors (Lipinski definition) is 2. The highest BCUT2D eigenvalue weighted by Crippen LogP contribution is 2.29. The van der Waals surface area contributed by atoms with E-state index in [0.29, 0.717) is 5.56 Å². The monoisotopic (exact) mass is 280 g/mol. The molecule has 20 heavy (non-hydrogen) atoms. The summed E-state index contributed by atoms with van der Waals surface area (Å²) >= 11 is 0. The van der Waals surface area contributed by atoms with Gasteiger partial charge < -0.3 is 15.1 Å². The molecule has 110 valence electrons. The summed E-state index contributed by atoms with van der Waals surface area (Å²) in [7, 11) is 1.88. The van der Waals surface area contributed by atoms with Crippen molar-refractivity contribution >= 4 is 11.4 Å². The van der Waals surface area contributed by atoms with Crippen molar-refractivity contribution in [3.63, 3.8) is 0 Å². The van der Waals surface area contributed by atoms with Gasteiger partial charge in [-0.05, 0) is 25.0 Å². The smallest absolute Gasteiger partial charge is 0.275 e. The maximum Gasteiger partial charge on any atom is 0.275 e. The minimum Gasteiger partial charge on any atom is -0.391 e. The molecular formula is C14H20N2O4. The number of anilines is 1. The fourth-order valence-electron chi connectivity index (χ4n) is 2.83. The molecular weight excluding hydrogens is 260 g/mol. The zero-order valence-electron chi connectivity index (χ0n) is 11.5. The predicted molar refractivity (Wildman–Crippen MR) is 75.7 cm³/mol. The molecule has 0 saturated heterocycles. The topological polar surface area (TPSA) is 86.8 Å². The average molecular weight is 280 g/mol. The molecule has 1 aromatic carbocycles. The van der Waals surface area contributed by atoms with E-state index in [4.69, 9.17) is 0 Å². The number of aliphatic hydroxyl groups is 2. The minimum absolute atomic E-state index is 0.0248. The normalized spacial score (nSPS) is 22.6. The molecule has 0 heterocycles. The van der Waals surface area contributed by atoms with Gasteiger partial charge in [-0.2, -0.15) is 0 Å². The Morgan fingerprint density at radius 3 is 2.70 bits per heavy atom. The molecule has 1 aliphatic rings. The summed E-state index contributed by atoms with van der Waals surface area (Å²) in [4.78, 5) is 12.3. The van der Waals surface area contributed by atoms with Crippen LogP contribution < -0.4 is 4.90 Å². The zero-order valence-corrected chi connectivity index (χ0v) is 11.5. The van der Waals surface area contributed by atoms with Crippen LogP contribution in [0, 0.1) is 10.1 Å². The fraction of sp³-hybridized carbons (Fsp3) is 0.571. The fourth-order valence-corrected chi connectivity index (χ4v) is 2.83. The molecule has 1 fully saturated rings. The molecule has 2 unspecified atom stereocenters. The molecule has 0 amide bonds. The van der Waals surface area contributed by atoms with Crippen LogP contribution in [0.15, 0.2) is 18.2 Å². The number of benzene rings is 1. The third-order valence-corrected chi connectivity index (χ3v) is 4.03. The van der Waals surface area contributed by atoms with Crippen LogP contribution in [0.5, 0.6) is 0 Å². The van der Waals surface area contributed by atoms with Crippen LogP contribution in [-0.4, -0.2) is 34.3 Å². The van der Waals surface area contributed by atoms with Gasteiger partial charge >= 0.3 is 0 Å². The van der Waals surface area contributed by atoms with Gasteiger partial charge in [-0.1, -0.05) is 12.8 Å². The summed E-state index contributed by atoms with van der Waals surface area (Å²) in [5.74, 6) is 0. The Kier molecular flexibility index (Phi) is 4.57. The van der Waals surface area contributed by atoms with Gasteiger partial charge in [0.1, 0.15) is 0 Å². The number of likely N-dealkylation sites (N-methyl/N-ethyl adjacent to an activating group) is 1. The van der Waals surface area contributed by atoms with Gasteiger partial charge in [0.25, 0.3) is 5.69 Å². The van der Waals surface area contributed by atoms with Crippen LogP contribution >= 0.6 is 0 Å². The molecule has 0 aromatic heterocycles. The van der Waals surface area contributed by atoms with E-state index in [9.17, 15) is 20.3 Å². The highest BCUT2D eigenvalue weighted by atomic mass is 16.6. The number of nitro benzene ring substituents is 1. The molecule has 2 N–H and O–H groups in total. The van der Waals surface area contributed by atoms with Gasteiger partial charge in [0.15, 0.2) is 0 Å². The van der Waals surface area contributed by atoms with Crippen LogP contribution in [-0.2, 0) is 6.61 Å². The molecule has 2 atom stereocenters. The summed E-state index contributed by atoms with van der Waals surface area (Å²) in [5, 5.41) is 30.2. The second kappa shape index (κ2) is 6.19. The highest BCUT2D eigenvalue weighted by molar-refractivity contribution is 5.56. The van der Waals surface area contributed by atoms with Crippen LogP contribution in [0.25, 0.3) is 0 Å². The van der Waals surface area contributed by atoms with Crippen molar-refractivity contribution in [2.75, 3.05) is 11.9 Å². The molecule has 2 rings (SSSR count). The standard InChI is InChI=1S/C14H20N2O4/c1-15(13-4-2-3-5-14(13)18)11-6-7-12(16(19)20)10(8-11)9-17/h6-8,13-14,17-18H,2-5,9H2,1H3. The summed E-state index contributed by atoms with van der Waals surface area (Å²) in [6.07, 6.45) is 3.43. The van der Waals surface area contributed by atoms with Gasteiger partial charge in [0, 0.05) is 18.8 Å². The van der Waals surface area contributed by atoms with Crippen LogP contribution in [0.2, 0.25) is 0 Å². The lowest BCUT2D eigenvalue weighted by molar-refractivity contribution is -0.385. The van der Waals surface area contributed by atoms with Crippen LogP contribution in [0.4, 0.5) is 11.4 Å². The first-order valence-corrected chi connectivity index (χ1v) is 6.83. The number of aliphatic hydroxyl groups excluding tert-OH is 2. The van der Waals surface area contributed by atoms with Crippen molar-refractivity contribution in [2.24, 2.45) is 0 Å². The summed E-state index contributed by atoms with van der Waals surface area (Å²) < 4.78 is 0. The van der Waals surface area contributed by atoms with Gasteiger partial charge in [-0.15, -0.1) is 0 Å². The summed E-state index contributed by atoms with van der Waals surface area (Å²) in [5.41, 5.74) is 1.00. The summed E-state index contributed by atoms with van der Waals surface area (Å²) in [6.45, 7) is -0.370. The van der Waals surface area contributed by atoms with Crippen molar-refractivity contribution in [3.05, 3.63) is 33.9 Å². The second-order valence-corrected chi connectivity index (χ2v) is 5.26. The van der Waals surface area contributed by atoms with Crippen molar-refractivity contribution in [1.82, 2.24) is 0 Å². The minimum atomic E-state index is -0.495. The number of nitrogens with zero attached hydrogens (tertiary/aromatic N) is 2. The molecule has 1 saturated carbocycles. The molecule has 1 aromatic rings. The maximum atomic E-state index is 10.9. The lowest BCUT2D eigenvalue weighted by Gasteiger charge is -2.36. The third-order valence-electron chi connectivity index (χ3n) is 4.03. The predicted octanol–water partition coefficient (Wildman–Crippen LogP) is 1.83. The van der Waals surface area contributed by atoms with E-state index in [0.717, 1.165) is 31.4 Å². The van der Waals surface area contributed by atoms with Crippen molar-refractivity contribution in [3.8, 4) is 0 Å². The molecule has 0 radical (unpaired) electrons. The first-order chi connectivity index (χ1) is 9.54. The van der Waals surface area contributed by atoms with Gasteiger partial charge in [-0.3, -0.25) is 10.1 Å². The molecule has 1 aliphatic carbocycles. The van der Waals surface area contributed by atoms with Crippen LogP contribution in [0.1, 0.15) is 31.2 Å². The van der Waals surface area contributed by atoms with E-state index < -0.39 is 4.92 Å². The van der Waals surface area contributed by atoms with E-state index in [1.165, 1.54) is 6.07 Å². The summed E-state index contributed by atoms with van der Waals surface area (Å²) in [6, 6.07) is 4.72. The van der Waals surface area contributed by atoms with Crippen molar-refractivity contribution < 1.29 is 15.1 Å². The van der Waals surface area contributed by atoms with E-state index in [1.54, 1.807) is 12.1 Å².